The molecular formula is C20H19N5O. The molecule has 26 heavy (non-hydrogen) atoms. The molecule has 6 nitrogen and oxygen atoms in total. The summed E-state index contributed by atoms with van der Waals surface area (Å²) in [7, 11) is 1.94. The van der Waals surface area contributed by atoms with Gasteiger partial charge >= 0.3 is 0 Å². The van der Waals surface area contributed by atoms with Crippen LogP contribution in [0.1, 0.15) is 22.3 Å². The highest BCUT2D eigenvalue weighted by atomic mass is 16.1. The number of pyridine rings is 1. The Morgan fingerprint density at radius 3 is 2.88 bits per heavy atom. The van der Waals surface area contributed by atoms with Gasteiger partial charge in [0.25, 0.3) is 0 Å². The van der Waals surface area contributed by atoms with E-state index in [9.17, 15) is 4.79 Å². The van der Waals surface area contributed by atoms with Gasteiger partial charge < -0.3 is 10.3 Å². The Morgan fingerprint density at radius 2 is 2.19 bits per heavy atom. The molecule has 0 saturated carbocycles. The summed E-state index contributed by atoms with van der Waals surface area (Å²) in [5.41, 5.74) is 7.84. The number of aromatic nitrogens is 1. The number of nitriles is 1. The molecule has 2 aromatic rings. The highest BCUT2D eigenvalue weighted by molar-refractivity contribution is 5.92. The second-order valence-corrected chi connectivity index (χ2v) is 5.92. The molecule has 130 valence electrons. The summed E-state index contributed by atoms with van der Waals surface area (Å²) in [4.78, 5) is 16.2. The lowest BCUT2D eigenvalue weighted by atomic mass is 10.0. The van der Waals surface area contributed by atoms with Gasteiger partial charge in [-0.05, 0) is 41.0 Å². The molecule has 2 heterocycles. The van der Waals surface area contributed by atoms with Gasteiger partial charge in [0.05, 0.1) is 11.6 Å². The van der Waals surface area contributed by atoms with Crippen LogP contribution in [0.3, 0.4) is 0 Å². The number of hydrogen-bond acceptors (Lipinski definition) is 5. The summed E-state index contributed by atoms with van der Waals surface area (Å²) in [6, 6.07) is 11.2. The van der Waals surface area contributed by atoms with Gasteiger partial charge in [-0.15, -0.1) is 0 Å². The first-order valence-corrected chi connectivity index (χ1v) is 8.22. The van der Waals surface area contributed by atoms with Crippen molar-refractivity contribution >= 4 is 17.6 Å². The Labute approximate surface area is 152 Å². The molecular weight excluding hydrogens is 326 g/mol. The molecule has 0 spiro atoms. The number of nitrogens with zero attached hydrogens (tertiary/aromatic N) is 3. The molecule has 1 aromatic heterocycles. The van der Waals surface area contributed by atoms with Gasteiger partial charge in [0.15, 0.2) is 0 Å². The Kier molecular flexibility index (Phi) is 5.42. The molecule has 6 heteroatoms. The van der Waals surface area contributed by atoms with E-state index in [0.717, 1.165) is 28.8 Å². The molecule has 1 aromatic carbocycles. The van der Waals surface area contributed by atoms with Crippen LogP contribution in [0.2, 0.25) is 0 Å². The molecule has 0 atom stereocenters. The molecule has 3 rings (SSSR count). The number of amides is 1. The average Bonchev–Trinajstić information content (AvgIpc) is 3.11. The Balaban J connectivity index is 1.63. The van der Waals surface area contributed by atoms with E-state index in [1.807, 2.05) is 36.5 Å². The minimum Gasteiger partial charge on any atom is -0.348 e. The van der Waals surface area contributed by atoms with Crippen LogP contribution < -0.4 is 10.7 Å². The largest absolute Gasteiger partial charge is 0.348 e. The van der Waals surface area contributed by atoms with Crippen molar-refractivity contribution in [3.8, 4) is 6.07 Å². The van der Waals surface area contributed by atoms with Crippen LogP contribution in [-0.4, -0.2) is 29.5 Å². The summed E-state index contributed by atoms with van der Waals surface area (Å²) in [6.07, 6.45) is 8.81. The third-order valence-electron chi connectivity index (χ3n) is 4.03. The molecule has 1 aliphatic heterocycles. The number of nitrogens with one attached hydrogen (secondary N) is 2. The van der Waals surface area contributed by atoms with E-state index in [2.05, 4.69) is 21.8 Å². The van der Waals surface area contributed by atoms with Crippen molar-refractivity contribution in [2.75, 3.05) is 13.6 Å². The van der Waals surface area contributed by atoms with Crippen molar-refractivity contribution in [1.29, 1.82) is 5.26 Å². The zero-order valence-corrected chi connectivity index (χ0v) is 14.4. The van der Waals surface area contributed by atoms with Crippen molar-refractivity contribution < 1.29 is 4.79 Å². The van der Waals surface area contributed by atoms with Gasteiger partial charge in [-0.25, -0.2) is 5.43 Å². The van der Waals surface area contributed by atoms with E-state index < -0.39 is 0 Å². The lowest BCUT2D eigenvalue weighted by Crippen LogP contribution is -2.23. The first-order valence-electron chi connectivity index (χ1n) is 8.22. The van der Waals surface area contributed by atoms with Gasteiger partial charge in [0.1, 0.15) is 0 Å². The van der Waals surface area contributed by atoms with E-state index in [1.165, 1.54) is 6.08 Å². The van der Waals surface area contributed by atoms with Gasteiger partial charge in [0, 0.05) is 50.4 Å². The normalized spacial score (nSPS) is 13.5. The third-order valence-corrected chi connectivity index (χ3v) is 4.03. The van der Waals surface area contributed by atoms with Crippen LogP contribution in [0.5, 0.6) is 0 Å². The highest BCUT2D eigenvalue weighted by Crippen LogP contribution is 2.22. The minimum atomic E-state index is -0.181. The zero-order valence-electron chi connectivity index (χ0n) is 14.4. The fourth-order valence-electron chi connectivity index (χ4n) is 2.64. The third kappa shape index (κ3) is 4.35. The van der Waals surface area contributed by atoms with Crippen LogP contribution >= 0.6 is 0 Å². The van der Waals surface area contributed by atoms with Gasteiger partial charge in [-0.1, -0.05) is 12.1 Å². The van der Waals surface area contributed by atoms with Gasteiger partial charge in [-0.2, -0.15) is 5.26 Å². The molecule has 2 N–H and O–H groups in total. The predicted octanol–water partition coefficient (Wildman–Crippen LogP) is 2.07. The number of benzene rings is 1. The summed E-state index contributed by atoms with van der Waals surface area (Å²) in [5.74, 6) is -0.181. The average molecular weight is 345 g/mol. The van der Waals surface area contributed by atoms with Crippen LogP contribution in [0.25, 0.3) is 11.6 Å². The van der Waals surface area contributed by atoms with Crippen LogP contribution in [0.4, 0.5) is 0 Å². The summed E-state index contributed by atoms with van der Waals surface area (Å²) >= 11 is 0. The SMILES string of the molecule is CN1C=C(c2ccncc2/C=C/C(=O)NCc2ccc(C#N)cc2)CN1. The molecule has 0 bridgehead atoms. The maximum Gasteiger partial charge on any atom is 0.244 e. The monoisotopic (exact) mass is 345 g/mol. The molecule has 0 aliphatic carbocycles. The maximum atomic E-state index is 12.1. The van der Waals surface area contributed by atoms with Gasteiger partial charge in [0.2, 0.25) is 5.91 Å². The van der Waals surface area contributed by atoms with Crippen molar-refractivity contribution in [1.82, 2.24) is 20.7 Å². The fourth-order valence-corrected chi connectivity index (χ4v) is 2.64. The van der Waals surface area contributed by atoms with Crippen molar-refractivity contribution in [3.05, 3.63) is 77.3 Å². The minimum absolute atomic E-state index is 0.181. The zero-order chi connectivity index (χ0) is 18.4. The van der Waals surface area contributed by atoms with Crippen LogP contribution in [0.15, 0.2) is 55.0 Å². The lowest BCUT2D eigenvalue weighted by Gasteiger charge is -2.06. The topological polar surface area (TPSA) is 81.1 Å². The van der Waals surface area contributed by atoms with Crippen molar-refractivity contribution in [2.24, 2.45) is 0 Å². The summed E-state index contributed by atoms with van der Waals surface area (Å²) in [5, 5.41) is 13.5. The van der Waals surface area contributed by atoms with E-state index in [-0.39, 0.29) is 5.91 Å². The first-order chi connectivity index (χ1) is 12.7. The van der Waals surface area contributed by atoms with E-state index >= 15 is 0 Å². The quantitative estimate of drug-likeness (QED) is 0.811. The molecule has 1 aliphatic rings. The standard InChI is InChI=1S/C20H19N5O/c1-25-14-18(13-24-25)19-8-9-22-12-17(19)6-7-20(26)23-11-16-4-2-15(10-21)3-5-16/h2-9,12,14,24H,11,13H2,1H3,(H,23,26)/b7-6+. The lowest BCUT2D eigenvalue weighted by molar-refractivity contribution is -0.116. The second-order valence-electron chi connectivity index (χ2n) is 5.92. The molecule has 0 fully saturated rings. The van der Waals surface area contributed by atoms with Crippen LogP contribution in [0, 0.1) is 11.3 Å². The molecule has 0 saturated heterocycles. The number of rotatable bonds is 5. The number of carbonyl (C=O) groups is 1. The predicted molar refractivity (Wildman–Crippen MR) is 100 cm³/mol. The van der Waals surface area contributed by atoms with E-state index in [1.54, 1.807) is 30.6 Å². The Hall–Kier alpha value is -3.43. The summed E-state index contributed by atoms with van der Waals surface area (Å²) < 4.78 is 0. The smallest absolute Gasteiger partial charge is 0.244 e. The van der Waals surface area contributed by atoms with Crippen molar-refractivity contribution in [3.63, 3.8) is 0 Å². The number of carbonyl (C=O) groups excluding carboxylic acids is 1. The second kappa shape index (κ2) is 8.10. The van der Waals surface area contributed by atoms with Gasteiger partial charge in [-0.3, -0.25) is 9.78 Å². The maximum absolute atomic E-state index is 12.1. The molecule has 0 radical (unpaired) electrons. The van der Waals surface area contributed by atoms with Crippen molar-refractivity contribution in [2.45, 2.75) is 6.54 Å². The molecule has 1 amide bonds. The van der Waals surface area contributed by atoms with E-state index in [4.69, 9.17) is 5.26 Å². The highest BCUT2D eigenvalue weighted by Gasteiger charge is 2.12. The fraction of sp³-hybridized carbons (Fsp3) is 0.150. The molecule has 0 unspecified atom stereocenters. The number of hydrogen-bond donors (Lipinski definition) is 2. The summed E-state index contributed by atoms with van der Waals surface area (Å²) in [6.45, 7) is 1.15. The van der Waals surface area contributed by atoms with E-state index in [0.29, 0.717) is 12.1 Å². The van der Waals surface area contributed by atoms with Crippen LogP contribution in [-0.2, 0) is 11.3 Å². The first kappa shape index (κ1) is 17.4. The Morgan fingerprint density at radius 1 is 1.38 bits per heavy atom. The Bertz CT molecular complexity index is 893. The number of hydrazine groups is 1.